The van der Waals surface area contributed by atoms with Crippen molar-refractivity contribution in [3.63, 3.8) is 0 Å². The molecule has 0 saturated heterocycles. The number of methoxy groups -OCH3 is 1. The molecule has 0 aliphatic heterocycles. The van der Waals surface area contributed by atoms with Crippen LogP contribution in [-0.2, 0) is 11.3 Å². The van der Waals surface area contributed by atoms with Crippen molar-refractivity contribution in [2.45, 2.75) is 26.4 Å². The van der Waals surface area contributed by atoms with E-state index in [4.69, 9.17) is 20.8 Å². The molecular weight excluding hydrogens is 316 g/mol. The molecule has 6 heteroatoms. The molecule has 1 aromatic heterocycles. The number of carbonyl (C=O) groups is 1. The minimum Gasteiger partial charge on any atom is -0.495 e. The number of amides is 1. The molecule has 23 heavy (non-hydrogen) atoms. The molecule has 0 spiro atoms. The van der Waals surface area contributed by atoms with Crippen LogP contribution in [0.1, 0.15) is 18.4 Å². The van der Waals surface area contributed by atoms with Crippen molar-refractivity contribution in [2.24, 2.45) is 0 Å². The molecule has 0 bridgehead atoms. The first-order valence-corrected chi connectivity index (χ1v) is 7.80. The van der Waals surface area contributed by atoms with Gasteiger partial charge in [-0.2, -0.15) is 0 Å². The van der Waals surface area contributed by atoms with Gasteiger partial charge in [0.15, 0.2) is 11.8 Å². The summed E-state index contributed by atoms with van der Waals surface area (Å²) in [7, 11) is 3.51. The maximum atomic E-state index is 12.5. The molecule has 0 aliphatic rings. The molecular formula is C17H22ClN2O3+. The number of nitrogens with one attached hydrogen (secondary N) is 2. The van der Waals surface area contributed by atoms with Crippen LogP contribution in [0.3, 0.4) is 0 Å². The summed E-state index contributed by atoms with van der Waals surface area (Å²) in [6, 6.07) is 8.72. The molecule has 2 rings (SSSR count). The molecule has 0 saturated carbocycles. The largest absolute Gasteiger partial charge is 0.495 e. The number of quaternary nitrogens is 1. The second kappa shape index (κ2) is 7.53. The smallest absolute Gasteiger partial charge is 0.282 e. The van der Waals surface area contributed by atoms with Gasteiger partial charge in [0.25, 0.3) is 5.91 Å². The summed E-state index contributed by atoms with van der Waals surface area (Å²) in [6.07, 6.45) is 0. The van der Waals surface area contributed by atoms with Gasteiger partial charge < -0.3 is 19.4 Å². The third-order valence-corrected chi connectivity index (χ3v) is 4.04. The number of aryl methyl sites for hydroxylation is 1. The summed E-state index contributed by atoms with van der Waals surface area (Å²) in [6.45, 7) is 4.41. The zero-order chi connectivity index (χ0) is 17.0. The number of benzene rings is 1. The number of hydrogen-bond donors (Lipinski definition) is 2. The van der Waals surface area contributed by atoms with Gasteiger partial charge in [0, 0.05) is 5.02 Å². The van der Waals surface area contributed by atoms with Crippen LogP contribution in [0.4, 0.5) is 5.69 Å². The average molecular weight is 338 g/mol. The van der Waals surface area contributed by atoms with E-state index in [1.54, 1.807) is 25.3 Å². The number of rotatable bonds is 6. The van der Waals surface area contributed by atoms with Crippen LogP contribution < -0.4 is 15.0 Å². The molecule has 0 radical (unpaired) electrons. The normalized spacial score (nSPS) is 13.4. The van der Waals surface area contributed by atoms with Gasteiger partial charge in [-0.05, 0) is 44.2 Å². The molecule has 2 atom stereocenters. The predicted molar refractivity (Wildman–Crippen MR) is 90.1 cm³/mol. The van der Waals surface area contributed by atoms with E-state index in [0.717, 1.165) is 16.4 Å². The first-order valence-electron chi connectivity index (χ1n) is 7.42. The SMILES string of the molecule is COc1ccc(Cl)cc1NC(=O)[C@@H](C)[NH+](C)Cc1ccc(C)o1. The Balaban J connectivity index is 2.03. The van der Waals surface area contributed by atoms with Gasteiger partial charge >= 0.3 is 0 Å². The van der Waals surface area contributed by atoms with E-state index >= 15 is 0 Å². The molecule has 1 amide bonds. The molecule has 0 fully saturated rings. The van der Waals surface area contributed by atoms with Crippen LogP contribution in [0.5, 0.6) is 5.75 Å². The van der Waals surface area contributed by atoms with Gasteiger partial charge in [-0.15, -0.1) is 0 Å². The molecule has 2 aromatic rings. The monoisotopic (exact) mass is 337 g/mol. The van der Waals surface area contributed by atoms with Crippen molar-refractivity contribution in [3.05, 3.63) is 46.9 Å². The number of furan rings is 1. The Morgan fingerprint density at radius 3 is 2.74 bits per heavy atom. The van der Waals surface area contributed by atoms with E-state index in [1.807, 2.05) is 33.0 Å². The lowest BCUT2D eigenvalue weighted by atomic mass is 10.2. The summed E-state index contributed by atoms with van der Waals surface area (Å²) in [5, 5.41) is 3.42. The van der Waals surface area contributed by atoms with Crippen LogP contribution in [-0.4, -0.2) is 26.1 Å². The molecule has 5 nitrogen and oxygen atoms in total. The lowest BCUT2D eigenvalue weighted by molar-refractivity contribution is -0.908. The van der Waals surface area contributed by atoms with E-state index < -0.39 is 0 Å². The highest BCUT2D eigenvalue weighted by atomic mass is 35.5. The van der Waals surface area contributed by atoms with Gasteiger partial charge in [0.2, 0.25) is 0 Å². The fourth-order valence-electron chi connectivity index (χ4n) is 2.25. The van der Waals surface area contributed by atoms with Crippen molar-refractivity contribution in [1.82, 2.24) is 0 Å². The summed E-state index contributed by atoms with van der Waals surface area (Å²) < 4.78 is 10.8. The maximum Gasteiger partial charge on any atom is 0.282 e. The van der Waals surface area contributed by atoms with Gasteiger partial charge in [-0.3, -0.25) is 4.79 Å². The highest BCUT2D eigenvalue weighted by molar-refractivity contribution is 6.31. The average Bonchev–Trinajstić information content (AvgIpc) is 2.91. The Morgan fingerprint density at radius 2 is 2.13 bits per heavy atom. The van der Waals surface area contributed by atoms with Crippen molar-refractivity contribution in [1.29, 1.82) is 0 Å². The number of anilines is 1. The topological polar surface area (TPSA) is 55.9 Å². The second-order valence-electron chi connectivity index (χ2n) is 5.59. The number of likely N-dealkylation sites (N-methyl/N-ethyl adjacent to an activating group) is 1. The first-order chi connectivity index (χ1) is 10.9. The zero-order valence-corrected chi connectivity index (χ0v) is 14.5. The van der Waals surface area contributed by atoms with Crippen molar-refractivity contribution in [3.8, 4) is 5.75 Å². The lowest BCUT2D eigenvalue weighted by Gasteiger charge is -2.20. The molecule has 1 unspecified atom stereocenters. The maximum absolute atomic E-state index is 12.5. The summed E-state index contributed by atoms with van der Waals surface area (Å²) in [5.74, 6) is 2.20. The number of halogens is 1. The Labute approximate surface area is 141 Å². The van der Waals surface area contributed by atoms with E-state index in [9.17, 15) is 4.79 Å². The van der Waals surface area contributed by atoms with Crippen molar-refractivity contribution < 1.29 is 18.8 Å². The van der Waals surface area contributed by atoms with Gasteiger partial charge in [-0.1, -0.05) is 11.6 Å². The van der Waals surface area contributed by atoms with E-state index in [0.29, 0.717) is 23.0 Å². The zero-order valence-electron chi connectivity index (χ0n) is 13.8. The highest BCUT2D eigenvalue weighted by Gasteiger charge is 2.24. The van der Waals surface area contributed by atoms with Gasteiger partial charge in [0.1, 0.15) is 18.1 Å². The summed E-state index contributed by atoms with van der Waals surface area (Å²) in [5.41, 5.74) is 0.568. The fraction of sp³-hybridized carbons (Fsp3) is 0.353. The predicted octanol–water partition coefficient (Wildman–Crippen LogP) is 2.29. The van der Waals surface area contributed by atoms with Crippen LogP contribution in [0.25, 0.3) is 0 Å². The van der Waals surface area contributed by atoms with Gasteiger partial charge in [0.05, 0.1) is 19.8 Å². The van der Waals surface area contributed by atoms with E-state index in [1.165, 1.54) is 0 Å². The third kappa shape index (κ3) is 4.50. The van der Waals surface area contributed by atoms with Crippen molar-refractivity contribution >= 4 is 23.2 Å². The van der Waals surface area contributed by atoms with Gasteiger partial charge in [-0.25, -0.2) is 0 Å². The molecule has 1 aromatic carbocycles. The second-order valence-corrected chi connectivity index (χ2v) is 6.03. The number of carbonyl (C=O) groups excluding carboxylic acids is 1. The molecule has 0 aliphatic carbocycles. The Morgan fingerprint density at radius 1 is 1.39 bits per heavy atom. The van der Waals surface area contributed by atoms with Crippen LogP contribution in [0.15, 0.2) is 34.7 Å². The van der Waals surface area contributed by atoms with Crippen LogP contribution in [0.2, 0.25) is 5.02 Å². The quantitative estimate of drug-likeness (QED) is 0.850. The number of hydrogen-bond acceptors (Lipinski definition) is 3. The summed E-state index contributed by atoms with van der Waals surface area (Å²) >= 11 is 5.98. The highest BCUT2D eigenvalue weighted by Crippen LogP contribution is 2.27. The Bertz CT molecular complexity index is 684. The number of ether oxygens (including phenoxy) is 1. The molecule has 124 valence electrons. The minimum atomic E-state index is -0.260. The van der Waals surface area contributed by atoms with Crippen LogP contribution >= 0.6 is 11.6 Å². The Hall–Kier alpha value is -1.98. The summed E-state index contributed by atoms with van der Waals surface area (Å²) in [4.78, 5) is 13.5. The van der Waals surface area contributed by atoms with Crippen LogP contribution in [0, 0.1) is 6.92 Å². The Kier molecular flexibility index (Phi) is 5.69. The fourth-order valence-corrected chi connectivity index (χ4v) is 2.42. The lowest BCUT2D eigenvalue weighted by Crippen LogP contribution is -3.12. The first kappa shape index (κ1) is 17.4. The minimum absolute atomic E-state index is 0.105. The standard InChI is InChI=1S/C17H21ClN2O3/c1-11-5-7-14(23-11)10-20(3)12(2)17(21)19-15-9-13(18)6-8-16(15)22-4/h5-9,12H,10H2,1-4H3,(H,19,21)/p+1/t12-/m1/s1. The van der Waals surface area contributed by atoms with E-state index in [2.05, 4.69) is 5.32 Å². The molecule has 2 N–H and O–H groups in total. The third-order valence-electron chi connectivity index (χ3n) is 3.80. The van der Waals surface area contributed by atoms with E-state index in [-0.39, 0.29) is 11.9 Å². The molecule has 1 heterocycles. The van der Waals surface area contributed by atoms with Crippen molar-refractivity contribution in [2.75, 3.05) is 19.5 Å².